The number of benzene rings is 2. The van der Waals surface area contributed by atoms with Gasteiger partial charge in [-0.15, -0.1) is 0 Å². The maximum Gasteiger partial charge on any atom is 0.338 e. The predicted octanol–water partition coefficient (Wildman–Crippen LogP) is 3.90. The second-order valence-corrected chi connectivity index (χ2v) is 7.06. The number of nitrogens with one attached hydrogen (secondary N) is 2. The van der Waals surface area contributed by atoms with E-state index in [2.05, 4.69) is 10.6 Å². The van der Waals surface area contributed by atoms with E-state index >= 15 is 0 Å². The molecule has 0 aliphatic rings. The predicted molar refractivity (Wildman–Crippen MR) is 120 cm³/mol. The second-order valence-electron chi connectivity index (χ2n) is 7.06. The lowest BCUT2D eigenvalue weighted by molar-refractivity contribution is -0.117. The van der Waals surface area contributed by atoms with Crippen LogP contribution in [-0.4, -0.2) is 32.7 Å². The number of rotatable bonds is 8. The number of anilines is 3. The van der Waals surface area contributed by atoms with Gasteiger partial charge in [0.1, 0.15) is 11.3 Å². The lowest BCUT2D eigenvalue weighted by Crippen LogP contribution is -2.38. The fraction of sp³-hybridized carbons (Fsp3) is 0.304. The van der Waals surface area contributed by atoms with Crippen molar-refractivity contribution in [2.24, 2.45) is 0 Å². The SMILES string of the molecule is CCCN[C@@H](C)C(=O)Nc1cc(N(C)c2cc(=O)oc3ccccc23)ccc1OC. The Kier molecular flexibility index (Phi) is 6.74. The third-order valence-corrected chi connectivity index (χ3v) is 4.91. The van der Waals surface area contributed by atoms with Crippen molar-refractivity contribution in [3.05, 3.63) is 59.0 Å². The smallest absolute Gasteiger partial charge is 0.338 e. The summed E-state index contributed by atoms with van der Waals surface area (Å²) in [7, 11) is 3.42. The van der Waals surface area contributed by atoms with Gasteiger partial charge in [-0.25, -0.2) is 4.79 Å². The van der Waals surface area contributed by atoms with Gasteiger partial charge in [0.2, 0.25) is 5.91 Å². The van der Waals surface area contributed by atoms with Crippen LogP contribution < -0.4 is 25.9 Å². The Hall–Kier alpha value is -3.32. The van der Waals surface area contributed by atoms with Gasteiger partial charge in [-0.2, -0.15) is 0 Å². The Labute approximate surface area is 175 Å². The molecule has 3 aromatic rings. The number of hydrogen-bond donors (Lipinski definition) is 2. The van der Waals surface area contributed by atoms with E-state index in [-0.39, 0.29) is 11.9 Å². The first-order chi connectivity index (χ1) is 14.4. The summed E-state index contributed by atoms with van der Waals surface area (Å²) in [6.45, 7) is 4.63. The number of amides is 1. The number of para-hydroxylation sites is 1. The van der Waals surface area contributed by atoms with Crippen LogP contribution in [0, 0.1) is 0 Å². The largest absolute Gasteiger partial charge is 0.495 e. The molecule has 3 rings (SSSR count). The summed E-state index contributed by atoms with van der Waals surface area (Å²) >= 11 is 0. The Morgan fingerprint density at radius 2 is 1.97 bits per heavy atom. The molecule has 30 heavy (non-hydrogen) atoms. The van der Waals surface area contributed by atoms with Gasteiger partial charge in [0.05, 0.1) is 24.5 Å². The van der Waals surface area contributed by atoms with Crippen molar-refractivity contribution in [2.75, 3.05) is 30.9 Å². The van der Waals surface area contributed by atoms with E-state index in [1.165, 1.54) is 6.07 Å². The zero-order valence-electron chi connectivity index (χ0n) is 17.7. The minimum Gasteiger partial charge on any atom is -0.495 e. The molecule has 1 amide bonds. The fourth-order valence-electron chi connectivity index (χ4n) is 3.21. The minimum absolute atomic E-state index is 0.146. The molecule has 0 aliphatic carbocycles. The van der Waals surface area contributed by atoms with E-state index in [0.29, 0.717) is 22.7 Å². The van der Waals surface area contributed by atoms with Crippen LogP contribution in [-0.2, 0) is 4.79 Å². The van der Waals surface area contributed by atoms with Crippen molar-refractivity contribution < 1.29 is 13.9 Å². The number of methoxy groups -OCH3 is 1. The first-order valence-electron chi connectivity index (χ1n) is 9.93. The Bertz CT molecular complexity index is 1090. The molecular formula is C23H27N3O4. The van der Waals surface area contributed by atoms with Gasteiger partial charge in [0.25, 0.3) is 0 Å². The first-order valence-corrected chi connectivity index (χ1v) is 9.93. The molecule has 0 saturated heterocycles. The molecule has 0 spiro atoms. The number of nitrogens with zero attached hydrogens (tertiary/aromatic N) is 1. The van der Waals surface area contributed by atoms with Crippen molar-refractivity contribution in [2.45, 2.75) is 26.3 Å². The second kappa shape index (κ2) is 9.45. The lowest BCUT2D eigenvalue weighted by atomic mass is 10.1. The maximum atomic E-state index is 12.6. The van der Waals surface area contributed by atoms with Crippen molar-refractivity contribution in [1.82, 2.24) is 5.32 Å². The van der Waals surface area contributed by atoms with E-state index < -0.39 is 5.63 Å². The number of carbonyl (C=O) groups excluding carboxylic acids is 1. The van der Waals surface area contributed by atoms with Crippen molar-refractivity contribution in [3.63, 3.8) is 0 Å². The molecule has 2 N–H and O–H groups in total. The van der Waals surface area contributed by atoms with Gasteiger partial charge >= 0.3 is 5.63 Å². The molecule has 0 radical (unpaired) electrons. The normalized spacial score (nSPS) is 11.9. The summed E-state index contributed by atoms with van der Waals surface area (Å²) in [5.74, 6) is 0.410. The maximum absolute atomic E-state index is 12.6. The fourth-order valence-corrected chi connectivity index (χ4v) is 3.21. The average Bonchev–Trinajstić information content (AvgIpc) is 2.76. The number of fused-ring (bicyclic) bond motifs is 1. The van der Waals surface area contributed by atoms with Crippen LogP contribution in [0.25, 0.3) is 11.0 Å². The van der Waals surface area contributed by atoms with Crippen LogP contribution in [0.4, 0.5) is 17.1 Å². The lowest BCUT2D eigenvalue weighted by Gasteiger charge is -2.23. The van der Waals surface area contributed by atoms with Crippen molar-refractivity contribution >= 4 is 33.9 Å². The highest BCUT2D eigenvalue weighted by Gasteiger charge is 2.17. The summed E-state index contributed by atoms with van der Waals surface area (Å²) in [4.78, 5) is 26.5. The average molecular weight is 409 g/mol. The van der Waals surface area contributed by atoms with Crippen molar-refractivity contribution in [3.8, 4) is 5.75 Å². The van der Waals surface area contributed by atoms with E-state index in [1.54, 1.807) is 19.2 Å². The molecule has 1 heterocycles. The van der Waals surface area contributed by atoms with E-state index in [1.807, 2.05) is 56.1 Å². The molecule has 0 aliphatic heterocycles. The van der Waals surface area contributed by atoms with Crippen LogP contribution in [0.1, 0.15) is 20.3 Å². The van der Waals surface area contributed by atoms with Gasteiger partial charge in [-0.1, -0.05) is 19.1 Å². The van der Waals surface area contributed by atoms with Gasteiger partial charge < -0.3 is 24.7 Å². The highest BCUT2D eigenvalue weighted by molar-refractivity contribution is 5.97. The molecule has 1 atom stereocenters. The molecule has 2 aromatic carbocycles. The molecule has 1 aromatic heterocycles. The molecule has 158 valence electrons. The highest BCUT2D eigenvalue weighted by Crippen LogP contribution is 2.34. The number of hydrogen-bond acceptors (Lipinski definition) is 6. The summed E-state index contributed by atoms with van der Waals surface area (Å²) in [5, 5.41) is 6.92. The molecule has 0 saturated carbocycles. The zero-order chi connectivity index (χ0) is 21.7. The van der Waals surface area contributed by atoms with Crippen LogP contribution in [0.3, 0.4) is 0 Å². The van der Waals surface area contributed by atoms with Crippen molar-refractivity contribution in [1.29, 1.82) is 0 Å². The molecule has 7 heteroatoms. The first kappa shape index (κ1) is 21.4. The molecule has 0 unspecified atom stereocenters. The Morgan fingerprint density at radius 3 is 2.70 bits per heavy atom. The summed E-state index contributed by atoms with van der Waals surface area (Å²) in [6.07, 6.45) is 0.945. The molecular weight excluding hydrogens is 382 g/mol. The monoisotopic (exact) mass is 409 g/mol. The topological polar surface area (TPSA) is 83.8 Å². The van der Waals surface area contributed by atoms with Crippen LogP contribution >= 0.6 is 0 Å². The Morgan fingerprint density at radius 1 is 1.20 bits per heavy atom. The third-order valence-electron chi connectivity index (χ3n) is 4.91. The molecule has 0 fully saturated rings. The zero-order valence-corrected chi connectivity index (χ0v) is 17.7. The van der Waals surface area contributed by atoms with Crippen LogP contribution in [0.2, 0.25) is 0 Å². The third kappa shape index (κ3) is 4.63. The summed E-state index contributed by atoms with van der Waals surface area (Å²) in [6, 6.07) is 14.0. The van der Waals surface area contributed by atoms with Gasteiger partial charge in [0, 0.05) is 24.2 Å². The highest BCUT2D eigenvalue weighted by atomic mass is 16.5. The standard InChI is InChI=1S/C23H27N3O4/c1-5-12-24-15(2)23(28)25-18-13-16(10-11-21(18)29-4)26(3)19-14-22(27)30-20-9-7-6-8-17(19)20/h6-11,13-15,24H,5,12H2,1-4H3,(H,25,28)/t15-/m0/s1. The number of carbonyl (C=O) groups is 1. The molecule has 7 nitrogen and oxygen atoms in total. The van der Waals surface area contributed by atoms with E-state index in [9.17, 15) is 9.59 Å². The number of ether oxygens (including phenoxy) is 1. The minimum atomic E-state index is -0.423. The molecule has 0 bridgehead atoms. The summed E-state index contributed by atoms with van der Waals surface area (Å²) < 4.78 is 10.7. The Balaban J connectivity index is 1.95. The quantitative estimate of drug-likeness (QED) is 0.549. The van der Waals surface area contributed by atoms with E-state index in [4.69, 9.17) is 9.15 Å². The summed E-state index contributed by atoms with van der Waals surface area (Å²) in [5.41, 5.74) is 2.15. The van der Waals surface area contributed by atoms with Gasteiger partial charge in [0.15, 0.2) is 0 Å². The van der Waals surface area contributed by atoms with Gasteiger partial charge in [-0.05, 0) is 50.2 Å². The van der Waals surface area contributed by atoms with Gasteiger partial charge in [-0.3, -0.25) is 4.79 Å². The van der Waals surface area contributed by atoms with Crippen LogP contribution in [0.15, 0.2) is 57.7 Å². The van der Waals surface area contributed by atoms with Crippen LogP contribution in [0.5, 0.6) is 5.75 Å². The van der Waals surface area contributed by atoms with E-state index in [0.717, 1.165) is 24.0 Å².